The molecule has 0 nitrogen and oxygen atoms in total. The molecule has 0 aromatic heterocycles. The predicted molar refractivity (Wildman–Crippen MR) is 82.7 cm³/mol. The summed E-state index contributed by atoms with van der Waals surface area (Å²) in [6, 6.07) is 0. The summed E-state index contributed by atoms with van der Waals surface area (Å²) >= 11 is 0. The van der Waals surface area contributed by atoms with Crippen LogP contribution in [0, 0.1) is 6.42 Å². The molecule has 0 aromatic rings. The van der Waals surface area contributed by atoms with Gasteiger partial charge in [0.15, 0.2) is 0 Å². The van der Waals surface area contributed by atoms with Crippen LogP contribution in [-0.4, -0.2) is 0 Å². The summed E-state index contributed by atoms with van der Waals surface area (Å²) in [6.45, 7) is 0. The molecule has 18 heavy (non-hydrogen) atoms. The Morgan fingerprint density at radius 3 is 1.28 bits per heavy atom. The minimum absolute atomic E-state index is 1.29. The van der Waals surface area contributed by atoms with E-state index in [-0.39, 0.29) is 0 Å². The molecule has 0 bridgehead atoms. The van der Waals surface area contributed by atoms with Crippen molar-refractivity contribution in [2.24, 2.45) is 0 Å². The van der Waals surface area contributed by atoms with Crippen LogP contribution in [-0.2, 0) is 0 Å². The van der Waals surface area contributed by atoms with Gasteiger partial charge in [-0.25, -0.2) is 0 Å². The second-order valence-electron chi connectivity index (χ2n) is 5.84. The second kappa shape index (κ2) is 13.2. The lowest BCUT2D eigenvalue weighted by atomic mass is 10.0. The van der Waals surface area contributed by atoms with Crippen molar-refractivity contribution >= 4 is 0 Å². The quantitative estimate of drug-likeness (QED) is 0.453. The maximum Gasteiger partial charge on any atom is -0.0171 e. The molecule has 0 N–H and O–H groups in total. The van der Waals surface area contributed by atoms with Gasteiger partial charge in [-0.15, -0.1) is 0 Å². The monoisotopic (exact) mass is 249 g/mol. The average molecular weight is 249 g/mol. The SMILES string of the molecule is [CH]1/C=C\CCCCCCCCCCCCCCC1. The molecule has 0 unspecified atom stereocenters. The van der Waals surface area contributed by atoms with E-state index < -0.39 is 0 Å². The zero-order valence-corrected chi connectivity index (χ0v) is 12.3. The van der Waals surface area contributed by atoms with E-state index >= 15 is 0 Å². The van der Waals surface area contributed by atoms with E-state index in [0.717, 1.165) is 0 Å². The Morgan fingerprint density at radius 2 is 0.778 bits per heavy atom. The molecule has 0 spiro atoms. The van der Waals surface area contributed by atoms with Crippen molar-refractivity contribution in [1.82, 2.24) is 0 Å². The van der Waals surface area contributed by atoms with Gasteiger partial charge in [0.1, 0.15) is 0 Å². The molecule has 1 rings (SSSR count). The van der Waals surface area contributed by atoms with Gasteiger partial charge in [0.2, 0.25) is 0 Å². The summed E-state index contributed by atoms with van der Waals surface area (Å²) in [5.74, 6) is 0. The highest BCUT2D eigenvalue weighted by molar-refractivity contribution is 4.94. The summed E-state index contributed by atoms with van der Waals surface area (Å²) in [7, 11) is 0. The van der Waals surface area contributed by atoms with Gasteiger partial charge in [-0.1, -0.05) is 89.2 Å². The van der Waals surface area contributed by atoms with Crippen molar-refractivity contribution in [1.29, 1.82) is 0 Å². The van der Waals surface area contributed by atoms with E-state index in [1.165, 1.54) is 96.3 Å². The van der Waals surface area contributed by atoms with Crippen LogP contribution in [0.2, 0.25) is 0 Å². The molecule has 1 aliphatic rings. The molecule has 105 valence electrons. The van der Waals surface area contributed by atoms with Gasteiger partial charge in [0.25, 0.3) is 0 Å². The molecule has 0 amide bonds. The highest BCUT2D eigenvalue weighted by Gasteiger charge is 1.94. The zero-order chi connectivity index (χ0) is 12.7. The minimum Gasteiger partial charge on any atom is -0.0882 e. The molecule has 0 heterocycles. The van der Waals surface area contributed by atoms with E-state index in [1.807, 2.05) is 0 Å². The molecular weight excluding hydrogens is 216 g/mol. The van der Waals surface area contributed by atoms with Crippen molar-refractivity contribution in [3.8, 4) is 0 Å². The lowest BCUT2D eigenvalue weighted by Gasteiger charge is -2.03. The molecule has 0 heteroatoms. The molecule has 0 saturated carbocycles. The third-order valence-electron chi connectivity index (χ3n) is 4.01. The van der Waals surface area contributed by atoms with Crippen LogP contribution in [0.5, 0.6) is 0 Å². The topological polar surface area (TPSA) is 0 Å². The fourth-order valence-electron chi connectivity index (χ4n) is 2.76. The Morgan fingerprint density at radius 1 is 0.389 bits per heavy atom. The standard InChI is InChI=1S/C18H33/c1-2-4-6-8-10-12-14-16-18-17-15-13-11-9-7-5-3-1/h1-3H,4-18H2/b2-1-. The fraction of sp³-hybridized carbons (Fsp3) is 0.833. The lowest BCUT2D eigenvalue weighted by molar-refractivity contribution is 0.536. The van der Waals surface area contributed by atoms with Crippen molar-refractivity contribution < 1.29 is 0 Å². The Balaban J connectivity index is 2.06. The molecule has 0 atom stereocenters. The van der Waals surface area contributed by atoms with Crippen molar-refractivity contribution in [2.75, 3.05) is 0 Å². The van der Waals surface area contributed by atoms with Crippen LogP contribution in [0.1, 0.15) is 96.3 Å². The van der Waals surface area contributed by atoms with E-state index in [0.29, 0.717) is 0 Å². The third-order valence-corrected chi connectivity index (χ3v) is 4.01. The molecule has 0 fully saturated rings. The molecule has 0 saturated heterocycles. The average Bonchev–Trinajstić information content (AvgIpc) is 2.39. The van der Waals surface area contributed by atoms with Crippen molar-refractivity contribution in [3.63, 3.8) is 0 Å². The van der Waals surface area contributed by atoms with Gasteiger partial charge < -0.3 is 0 Å². The summed E-state index contributed by atoms with van der Waals surface area (Å²) < 4.78 is 0. The lowest BCUT2D eigenvalue weighted by Crippen LogP contribution is -1.84. The fourth-order valence-corrected chi connectivity index (χ4v) is 2.76. The maximum absolute atomic E-state index is 2.36. The first-order valence-electron chi connectivity index (χ1n) is 8.48. The first kappa shape index (κ1) is 15.8. The Kier molecular flexibility index (Phi) is 11.6. The largest absolute Gasteiger partial charge is 0.0882 e. The van der Waals surface area contributed by atoms with Gasteiger partial charge in [-0.2, -0.15) is 0 Å². The highest BCUT2D eigenvalue weighted by Crippen LogP contribution is 2.14. The number of hydrogen-bond acceptors (Lipinski definition) is 0. The maximum atomic E-state index is 2.36. The summed E-state index contributed by atoms with van der Waals surface area (Å²) in [5.41, 5.74) is 0. The van der Waals surface area contributed by atoms with Crippen LogP contribution in [0.15, 0.2) is 12.2 Å². The van der Waals surface area contributed by atoms with E-state index in [1.54, 1.807) is 0 Å². The molecule has 1 aliphatic carbocycles. The van der Waals surface area contributed by atoms with Crippen LogP contribution < -0.4 is 0 Å². The number of rotatable bonds is 0. The Labute approximate surface area is 115 Å². The Hall–Kier alpha value is -0.260. The Bertz CT molecular complexity index is 160. The van der Waals surface area contributed by atoms with E-state index in [2.05, 4.69) is 18.6 Å². The normalized spacial score (nSPS) is 24.9. The second-order valence-corrected chi connectivity index (χ2v) is 5.84. The smallest absolute Gasteiger partial charge is 0.0171 e. The van der Waals surface area contributed by atoms with Crippen molar-refractivity contribution in [3.05, 3.63) is 18.6 Å². The number of hydrogen-bond donors (Lipinski definition) is 0. The van der Waals surface area contributed by atoms with Gasteiger partial charge in [-0.05, 0) is 25.7 Å². The van der Waals surface area contributed by atoms with E-state index in [4.69, 9.17) is 0 Å². The third kappa shape index (κ3) is 10.9. The van der Waals surface area contributed by atoms with Gasteiger partial charge in [0, 0.05) is 0 Å². The van der Waals surface area contributed by atoms with Crippen LogP contribution in [0.4, 0.5) is 0 Å². The first-order valence-corrected chi connectivity index (χ1v) is 8.48. The van der Waals surface area contributed by atoms with Crippen LogP contribution in [0.25, 0.3) is 0 Å². The van der Waals surface area contributed by atoms with Crippen molar-refractivity contribution in [2.45, 2.75) is 96.3 Å². The summed E-state index contributed by atoms with van der Waals surface area (Å²) in [4.78, 5) is 0. The highest BCUT2D eigenvalue weighted by atomic mass is 14.0. The molecule has 0 aliphatic heterocycles. The number of allylic oxidation sites excluding steroid dienone is 2. The first-order chi connectivity index (χ1) is 9.00. The zero-order valence-electron chi connectivity index (χ0n) is 12.3. The van der Waals surface area contributed by atoms with Gasteiger partial charge in [0.05, 0.1) is 0 Å². The van der Waals surface area contributed by atoms with Gasteiger partial charge >= 0.3 is 0 Å². The summed E-state index contributed by atoms with van der Waals surface area (Å²) in [5, 5.41) is 0. The van der Waals surface area contributed by atoms with Gasteiger partial charge in [-0.3, -0.25) is 0 Å². The molecule has 0 aromatic carbocycles. The molecule has 1 radical (unpaired) electrons. The van der Waals surface area contributed by atoms with Crippen LogP contribution in [0.3, 0.4) is 0 Å². The minimum atomic E-state index is 1.29. The molecular formula is C18H33. The summed E-state index contributed by atoms with van der Waals surface area (Å²) in [6.07, 6.45) is 28.5. The predicted octanol–water partition coefficient (Wildman–Crippen LogP) is 6.61. The van der Waals surface area contributed by atoms with E-state index in [9.17, 15) is 0 Å². The van der Waals surface area contributed by atoms with Crippen LogP contribution >= 0.6 is 0 Å².